The molecule has 0 aliphatic rings. The molecule has 0 radical (unpaired) electrons. The standard InChI is InChI=1S/C12H19N3O3S/c1-3-9(2)14-8-12(16)15-10-5-4-6-11(7-10)19(13,17)18/h4-7,9,14H,3,8H2,1-2H3,(H,15,16)(H2,13,17,18). The average Bonchev–Trinajstić information content (AvgIpc) is 2.35. The van der Waals surface area contributed by atoms with Crippen LogP contribution >= 0.6 is 0 Å². The van der Waals surface area contributed by atoms with Crippen LogP contribution in [0.2, 0.25) is 0 Å². The molecule has 19 heavy (non-hydrogen) atoms. The van der Waals surface area contributed by atoms with E-state index >= 15 is 0 Å². The Kier molecular flexibility index (Phi) is 5.46. The van der Waals surface area contributed by atoms with Gasteiger partial charge in [0, 0.05) is 11.7 Å². The van der Waals surface area contributed by atoms with Crippen LogP contribution in [0.15, 0.2) is 29.2 Å². The number of anilines is 1. The summed E-state index contributed by atoms with van der Waals surface area (Å²) < 4.78 is 22.4. The van der Waals surface area contributed by atoms with Gasteiger partial charge < -0.3 is 10.6 Å². The van der Waals surface area contributed by atoms with Crippen LogP contribution in [0.1, 0.15) is 20.3 Å². The lowest BCUT2D eigenvalue weighted by Gasteiger charge is -2.11. The van der Waals surface area contributed by atoms with Crippen molar-refractivity contribution in [2.24, 2.45) is 5.14 Å². The molecule has 0 aliphatic carbocycles. The summed E-state index contributed by atoms with van der Waals surface area (Å²) >= 11 is 0. The molecule has 1 aromatic rings. The molecule has 1 amide bonds. The van der Waals surface area contributed by atoms with Gasteiger partial charge in [0.1, 0.15) is 0 Å². The molecule has 0 saturated heterocycles. The molecule has 6 nitrogen and oxygen atoms in total. The quantitative estimate of drug-likeness (QED) is 0.714. The van der Waals surface area contributed by atoms with Crippen molar-refractivity contribution in [3.05, 3.63) is 24.3 Å². The number of benzene rings is 1. The van der Waals surface area contributed by atoms with Crippen LogP contribution in [-0.2, 0) is 14.8 Å². The molecule has 4 N–H and O–H groups in total. The lowest BCUT2D eigenvalue weighted by atomic mass is 10.2. The van der Waals surface area contributed by atoms with Crippen molar-refractivity contribution in [1.82, 2.24) is 5.32 Å². The summed E-state index contributed by atoms with van der Waals surface area (Å²) in [4.78, 5) is 11.6. The van der Waals surface area contributed by atoms with Gasteiger partial charge in [-0.05, 0) is 31.5 Å². The summed E-state index contributed by atoms with van der Waals surface area (Å²) in [6, 6.07) is 6.09. The number of nitrogens with one attached hydrogen (secondary N) is 2. The predicted octanol–water partition coefficient (Wildman–Crippen LogP) is 0.661. The largest absolute Gasteiger partial charge is 0.325 e. The van der Waals surface area contributed by atoms with Crippen molar-refractivity contribution >= 4 is 21.6 Å². The first-order chi connectivity index (χ1) is 8.82. The molecule has 0 saturated carbocycles. The molecule has 0 aliphatic heterocycles. The van der Waals surface area contributed by atoms with E-state index in [0.29, 0.717) is 5.69 Å². The van der Waals surface area contributed by atoms with Crippen LogP contribution < -0.4 is 15.8 Å². The topological polar surface area (TPSA) is 101 Å². The Morgan fingerprint density at radius 1 is 1.42 bits per heavy atom. The van der Waals surface area contributed by atoms with Crippen molar-refractivity contribution in [2.45, 2.75) is 31.2 Å². The number of rotatable bonds is 6. The van der Waals surface area contributed by atoms with Gasteiger partial charge in [-0.3, -0.25) is 4.79 Å². The highest BCUT2D eigenvalue weighted by Crippen LogP contribution is 2.13. The van der Waals surface area contributed by atoms with E-state index in [4.69, 9.17) is 5.14 Å². The number of amides is 1. The predicted molar refractivity (Wildman–Crippen MR) is 74.2 cm³/mol. The van der Waals surface area contributed by atoms with E-state index in [1.54, 1.807) is 6.07 Å². The van der Waals surface area contributed by atoms with Crippen LogP contribution in [0.4, 0.5) is 5.69 Å². The maximum Gasteiger partial charge on any atom is 0.238 e. The zero-order valence-electron chi connectivity index (χ0n) is 11.0. The van der Waals surface area contributed by atoms with Gasteiger partial charge in [0.2, 0.25) is 15.9 Å². The lowest BCUT2D eigenvalue weighted by molar-refractivity contribution is -0.115. The van der Waals surface area contributed by atoms with E-state index in [-0.39, 0.29) is 23.4 Å². The first-order valence-corrected chi connectivity index (χ1v) is 7.53. The molecule has 1 rings (SSSR count). The minimum Gasteiger partial charge on any atom is -0.325 e. The Morgan fingerprint density at radius 2 is 2.11 bits per heavy atom. The Bertz CT molecular complexity index is 543. The number of primary sulfonamides is 1. The monoisotopic (exact) mass is 285 g/mol. The van der Waals surface area contributed by atoms with Crippen LogP contribution in [0.25, 0.3) is 0 Å². The Balaban J connectivity index is 2.65. The maximum atomic E-state index is 11.6. The average molecular weight is 285 g/mol. The number of carbonyl (C=O) groups excluding carboxylic acids is 1. The highest BCUT2D eigenvalue weighted by molar-refractivity contribution is 7.89. The third kappa shape index (κ3) is 5.37. The molecule has 0 bridgehead atoms. The van der Waals surface area contributed by atoms with Crippen molar-refractivity contribution in [3.63, 3.8) is 0 Å². The van der Waals surface area contributed by atoms with Crippen molar-refractivity contribution in [3.8, 4) is 0 Å². The van der Waals surface area contributed by atoms with E-state index in [0.717, 1.165) is 6.42 Å². The number of hydrogen-bond donors (Lipinski definition) is 3. The number of carbonyl (C=O) groups is 1. The summed E-state index contributed by atoms with van der Waals surface area (Å²) in [5.74, 6) is -0.230. The molecule has 0 aromatic heterocycles. The lowest BCUT2D eigenvalue weighted by Crippen LogP contribution is -2.34. The Labute approximate surface area is 113 Å². The number of hydrogen-bond acceptors (Lipinski definition) is 4. The zero-order chi connectivity index (χ0) is 14.5. The molecule has 0 heterocycles. The first kappa shape index (κ1) is 15.6. The van der Waals surface area contributed by atoms with Gasteiger partial charge in [-0.25, -0.2) is 13.6 Å². The molecule has 7 heteroatoms. The third-order valence-corrected chi connectivity index (χ3v) is 3.58. The molecular formula is C12H19N3O3S. The van der Waals surface area contributed by atoms with E-state index in [9.17, 15) is 13.2 Å². The maximum absolute atomic E-state index is 11.6. The van der Waals surface area contributed by atoms with Crippen LogP contribution in [-0.4, -0.2) is 26.9 Å². The van der Waals surface area contributed by atoms with Gasteiger partial charge in [-0.2, -0.15) is 0 Å². The molecule has 106 valence electrons. The summed E-state index contributed by atoms with van der Waals surface area (Å²) in [5, 5.41) is 10.7. The fraction of sp³-hybridized carbons (Fsp3) is 0.417. The minimum atomic E-state index is -3.76. The second-order valence-electron chi connectivity index (χ2n) is 4.31. The normalized spacial score (nSPS) is 13.0. The van der Waals surface area contributed by atoms with Crippen molar-refractivity contribution < 1.29 is 13.2 Å². The van der Waals surface area contributed by atoms with E-state index < -0.39 is 10.0 Å². The summed E-state index contributed by atoms with van der Waals surface area (Å²) in [6.07, 6.45) is 0.925. The van der Waals surface area contributed by atoms with Crippen LogP contribution in [0.3, 0.4) is 0 Å². The number of nitrogens with two attached hydrogens (primary N) is 1. The molecule has 0 spiro atoms. The molecule has 1 aromatic carbocycles. The highest BCUT2D eigenvalue weighted by atomic mass is 32.2. The smallest absolute Gasteiger partial charge is 0.238 e. The summed E-state index contributed by atoms with van der Waals surface area (Å²) in [7, 11) is -3.76. The van der Waals surface area contributed by atoms with Gasteiger partial charge in [-0.15, -0.1) is 0 Å². The van der Waals surface area contributed by atoms with Crippen molar-refractivity contribution in [1.29, 1.82) is 0 Å². The second kappa shape index (κ2) is 6.65. The number of sulfonamides is 1. The summed E-state index contributed by atoms with van der Waals surface area (Å²) in [6.45, 7) is 4.18. The molecule has 0 fully saturated rings. The van der Waals surface area contributed by atoms with Gasteiger partial charge in [-0.1, -0.05) is 13.0 Å². The van der Waals surface area contributed by atoms with Gasteiger partial charge in [0.15, 0.2) is 0 Å². The van der Waals surface area contributed by atoms with Gasteiger partial charge in [0.25, 0.3) is 0 Å². The van der Waals surface area contributed by atoms with Gasteiger partial charge in [0.05, 0.1) is 11.4 Å². The first-order valence-electron chi connectivity index (χ1n) is 5.99. The third-order valence-electron chi connectivity index (χ3n) is 2.67. The van der Waals surface area contributed by atoms with Crippen molar-refractivity contribution in [2.75, 3.05) is 11.9 Å². The molecule has 1 atom stereocenters. The highest BCUT2D eigenvalue weighted by Gasteiger charge is 2.09. The Morgan fingerprint density at radius 3 is 2.68 bits per heavy atom. The molecular weight excluding hydrogens is 266 g/mol. The van der Waals surface area contributed by atoms with E-state index in [2.05, 4.69) is 10.6 Å². The fourth-order valence-corrected chi connectivity index (χ4v) is 1.93. The minimum absolute atomic E-state index is 0.0276. The van der Waals surface area contributed by atoms with Gasteiger partial charge >= 0.3 is 0 Å². The zero-order valence-corrected chi connectivity index (χ0v) is 11.8. The second-order valence-corrected chi connectivity index (χ2v) is 5.87. The SMILES string of the molecule is CCC(C)NCC(=O)Nc1cccc(S(N)(=O)=O)c1. The van der Waals surface area contributed by atoms with Crippen LogP contribution in [0, 0.1) is 0 Å². The van der Waals surface area contributed by atoms with Crippen LogP contribution in [0.5, 0.6) is 0 Å². The fourth-order valence-electron chi connectivity index (χ4n) is 1.37. The molecule has 1 unspecified atom stereocenters. The van der Waals surface area contributed by atoms with E-state index in [1.165, 1.54) is 18.2 Å². The summed E-state index contributed by atoms with van der Waals surface area (Å²) in [5.41, 5.74) is 0.405. The Hall–Kier alpha value is -1.44. The van der Waals surface area contributed by atoms with E-state index in [1.807, 2.05) is 13.8 Å².